The molecule has 0 saturated carbocycles. The van der Waals surface area contributed by atoms with Crippen LogP contribution in [0.1, 0.15) is 16.1 Å². The van der Waals surface area contributed by atoms with Crippen molar-refractivity contribution in [3.63, 3.8) is 0 Å². The van der Waals surface area contributed by atoms with Gasteiger partial charge in [0.2, 0.25) is 5.91 Å². The third-order valence-electron chi connectivity index (χ3n) is 4.68. The molecule has 8 heteroatoms. The Bertz CT molecular complexity index is 1330. The normalized spacial score (nSPS) is 11.1. The molecule has 0 saturated heterocycles. The van der Waals surface area contributed by atoms with Crippen molar-refractivity contribution >= 4 is 44.7 Å². The van der Waals surface area contributed by atoms with E-state index in [1.807, 2.05) is 51.1 Å². The van der Waals surface area contributed by atoms with Crippen LogP contribution in [0.3, 0.4) is 0 Å². The lowest BCUT2D eigenvalue weighted by atomic mass is 10.1. The number of nitrogens with zero attached hydrogens (tertiary/aromatic N) is 3. The number of halogens is 1. The Kier molecular flexibility index (Phi) is 5.40. The SMILES string of the molecule is Cc1ccc(-c2nn(CC(=O)Nc3ccc(C)c(Cl)c3)c(=O)c3nc(C)sc23)cc1. The molecule has 0 spiro atoms. The molecule has 4 aromatic rings. The molecule has 0 radical (unpaired) electrons. The number of hydrogen-bond donors (Lipinski definition) is 1. The predicted octanol–water partition coefficient (Wildman–Crippen LogP) is 4.74. The molecular formula is C22H19ClN4O2S. The highest BCUT2D eigenvalue weighted by Gasteiger charge is 2.18. The van der Waals surface area contributed by atoms with Crippen LogP contribution in [0.25, 0.3) is 21.5 Å². The van der Waals surface area contributed by atoms with E-state index < -0.39 is 0 Å². The Morgan fingerprint density at radius 2 is 1.87 bits per heavy atom. The van der Waals surface area contributed by atoms with E-state index in [1.165, 1.54) is 16.0 Å². The number of amides is 1. The molecule has 0 bridgehead atoms. The maximum atomic E-state index is 12.9. The summed E-state index contributed by atoms with van der Waals surface area (Å²) in [6, 6.07) is 13.1. The quantitative estimate of drug-likeness (QED) is 0.499. The van der Waals surface area contributed by atoms with Gasteiger partial charge in [-0.25, -0.2) is 9.67 Å². The van der Waals surface area contributed by atoms with E-state index in [0.717, 1.165) is 26.4 Å². The van der Waals surface area contributed by atoms with Crippen molar-refractivity contribution < 1.29 is 4.79 Å². The number of aromatic nitrogens is 3. The minimum atomic E-state index is -0.387. The van der Waals surface area contributed by atoms with Gasteiger partial charge in [-0.3, -0.25) is 9.59 Å². The van der Waals surface area contributed by atoms with Gasteiger partial charge < -0.3 is 5.32 Å². The van der Waals surface area contributed by atoms with Crippen molar-refractivity contribution in [3.05, 3.63) is 74.0 Å². The summed E-state index contributed by atoms with van der Waals surface area (Å²) in [7, 11) is 0. The molecule has 6 nitrogen and oxygen atoms in total. The number of carbonyl (C=O) groups excluding carboxylic acids is 1. The van der Waals surface area contributed by atoms with Crippen molar-refractivity contribution in [2.45, 2.75) is 27.3 Å². The standard InChI is InChI=1S/C22H19ClN4O2S/c1-12-4-7-15(8-5-12)19-21-20(24-14(3)30-21)22(29)27(26-19)11-18(28)25-16-9-6-13(2)17(23)10-16/h4-10H,11H2,1-3H3,(H,25,28). The zero-order chi connectivity index (χ0) is 21.4. The molecule has 152 valence electrons. The summed E-state index contributed by atoms with van der Waals surface area (Å²) in [4.78, 5) is 29.9. The fourth-order valence-electron chi connectivity index (χ4n) is 3.08. The van der Waals surface area contributed by atoms with Crippen LogP contribution < -0.4 is 10.9 Å². The summed E-state index contributed by atoms with van der Waals surface area (Å²) in [5.74, 6) is -0.370. The number of hydrogen-bond acceptors (Lipinski definition) is 5. The lowest BCUT2D eigenvalue weighted by Crippen LogP contribution is -2.30. The maximum Gasteiger partial charge on any atom is 0.294 e. The van der Waals surface area contributed by atoms with Crippen LogP contribution in [0.2, 0.25) is 5.02 Å². The molecular weight excluding hydrogens is 420 g/mol. The highest BCUT2D eigenvalue weighted by Crippen LogP contribution is 2.29. The van der Waals surface area contributed by atoms with Crippen LogP contribution in [0, 0.1) is 20.8 Å². The van der Waals surface area contributed by atoms with Gasteiger partial charge in [-0.2, -0.15) is 5.10 Å². The van der Waals surface area contributed by atoms with Crippen molar-refractivity contribution in [2.24, 2.45) is 0 Å². The monoisotopic (exact) mass is 438 g/mol. The number of fused-ring (bicyclic) bond motifs is 1. The molecule has 0 fully saturated rings. The van der Waals surface area contributed by atoms with Crippen LogP contribution in [0.15, 0.2) is 47.3 Å². The van der Waals surface area contributed by atoms with Crippen molar-refractivity contribution in [2.75, 3.05) is 5.32 Å². The van der Waals surface area contributed by atoms with Gasteiger partial charge in [0.1, 0.15) is 12.2 Å². The summed E-state index contributed by atoms with van der Waals surface area (Å²) in [6.07, 6.45) is 0. The van der Waals surface area contributed by atoms with Crippen LogP contribution in [0.5, 0.6) is 0 Å². The maximum absolute atomic E-state index is 12.9. The first-order chi connectivity index (χ1) is 14.3. The Hall–Kier alpha value is -3.03. The molecule has 1 amide bonds. The second kappa shape index (κ2) is 8.01. The Morgan fingerprint density at radius 3 is 2.57 bits per heavy atom. The fraction of sp³-hybridized carbons (Fsp3) is 0.182. The number of rotatable bonds is 4. The van der Waals surface area contributed by atoms with E-state index in [9.17, 15) is 9.59 Å². The average molecular weight is 439 g/mol. The third kappa shape index (κ3) is 3.99. The third-order valence-corrected chi connectivity index (χ3v) is 6.07. The molecule has 0 aliphatic heterocycles. The van der Waals surface area contributed by atoms with Gasteiger partial charge in [-0.15, -0.1) is 11.3 Å². The molecule has 2 aromatic heterocycles. The van der Waals surface area contributed by atoms with Gasteiger partial charge >= 0.3 is 0 Å². The van der Waals surface area contributed by atoms with Crippen molar-refractivity contribution in [3.8, 4) is 11.3 Å². The Morgan fingerprint density at radius 1 is 1.13 bits per heavy atom. The second-order valence-electron chi connectivity index (χ2n) is 7.10. The molecule has 0 atom stereocenters. The molecule has 2 heterocycles. The number of benzene rings is 2. The van der Waals surface area contributed by atoms with Crippen LogP contribution >= 0.6 is 22.9 Å². The summed E-state index contributed by atoms with van der Waals surface area (Å²) in [6.45, 7) is 5.51. The predicted molar refractivity (Wildman–Crippen MR) is 121 cm³/mol. The number of aryl methyl sites for hydroxylation is 3. The van der Waals surface area contributed by atoms with E-state index in [-0.39, 0.29) is 18.0 Å². The fourth-order valence-corrected chi connectivity index (χ4v) is 4.18. The number of carbonyl (C=O) groups is 1. The molecule has 0 aliphatic rings. The van der Waals surface area contributed by atoms with E-state index in [2.05, 4.69) is 15.4 Å². The lowest BCUT2D eigenvalue weighted by Gasteiger charge is -2.10. The van der Waals surface area contributed by atoms with Crippen molar-refractivity contribution in [1.29, 1.82) is 0 Å². The summed E-state index contributed by atoms with van der Waals surface area (Å²) < 4.78 is 1.89. The summed E-state index contributed by atoms with van der Waals surface area (Å²) >= 11 is 7.55. The van der Waals surface area contributed by atoms with Crippen LogP contribution in [-0.2, 0) is 11.3 Å². The van der Waals surface area contributed by atoms with Gasteiger partial charge in [0.15, 0.2) is 5.52 Å². The van der Waals surface area contributed by atoms with Gasteiger partial charge in [-0.1, -0.05) is 47.5 Å². The Balaban J connectivity index is 1.72. The second-order valence-corrected chi connectivity index (χ2v) is 8.71. The molecule has 2 aromatic carbocycles. The van der Waals surface area contributed by atoms with Crippen LogP contribution in [-0.4, -0.2) is 20.7 Å². The molecule has 0 unspecified atom stereocenters. The van der Waals surface area contributed by atoms with E-state index >= 15 is 0 Å². The van der Waals surface area contributed by atoms with Gasteiger partial charge in [0, 0.05) is 16.3 Å². The highest BCUT2D eigenvalue weighted by molar-refractivity contribution is 7.19. The van der Waals surface area contributed by atoms with Gasteiger partial charge in [0.05, 0.1) is 9.71 Å². The molecule has 4 rings (SSSR count). The van der Waals surface area contributed by atoms with E-state index in [0.29, 0.717) is 21.9 Å². The minimum absolute atomic E-state index is 0.226. The number of thiazole rings is 1. The largest absolute Gasteiger partial charge is 0.324 e. The average Bonchev–Trinajstić information content (AvgIpc) is 3.10. The van der Waals surface area contributed by atoms with E-state index in [4.69, 9.17) is 11.6 Å². The molecule has 1 N–H and O–H groups in total. The highest BCUT2D eigenvalue weighted by atomic mass is 35.5. The smallest absolute Gasteiger partial charge is 0.294 e. The topological polar surface area (TPSA) is 76.9 Å². The lowest BCUT2D eigenvalue weighted by molar-refractivity contribution is -0.117. The number of nitrogens with one attached hydrogen (secondary N) is 1. The first-order valence-electron chi connectivity index (χ1n) is 9.33. The molecule has 0 aliphatic carbocycles. The molecule has 30 heavy (non-hydrogen) atoms. The van der Waals surface area contributed by atoms with Gasteiger partial charge in [0.25, 0.3) is 5.56 Å². The van der Waals surface area contributed by atoms with Gasteiger partial charge in [-0.05, 0) is 38.5 Å². The zero-order valence-corrected chi connectivity index (χ0v) is 18.3. The first kappa shape index (κ1) is 20.3. The minimum Gasteiger partial charge on any atom is -0.324 e. The first-order valence-corrected chi connectivity index (χ1v) is 10.5. The van der Waals surface area contributed by atoms with Crippen LogP contribution in [0.4, 0.5) is 5.69 Å². The summed E-state index contributed by atoms with van der Waals surface area (Å²) in [5.41, 5.74) is 4.05. The zero-order valence-electron chi connectivity index (χ0n) is 16.7. The summed E-state index contributed by atoms with van der Waals surface area (Å²) in [5, 5.41) is 8.61. The van der Waals surface area contributed by atoms with E-state index in [1.54, 1.807) is 12.1 Å². The van der Waals surface area contributed by atoms with Crippen molar-refractivity contribution in [1.82, 2.24) is 14.8 Å². The number of anilines is 1. The Labute approximate surface area is 182 Å².